The van der Waals surface area contributed by atoms with Crippen molar-refractivity contribution >= 4 is 17.7 Å². The summed E-state index contributed by atoms with van der Waals surface area (Å²) in [7, 11) is 1.89. The Hall–Kier alpha value is -1.08. The predicted molar refractivity (Wildman–Crippen MR) is 68.4 cm³/mol. The lowest BCUT2D eigenvalue weighted by Crippen LogP contribution is -2.32. The number of nitrogens with one attached hydrogen (secondary N) is 1. The van der Waals surface area contributed by atoms with Crippen LogP contribution in [0.25, 0.3) is 0 Å². The normalized spacial score (nSPS) is 19.1. The van der Waals surface area contributed by atoms with Crippen LogP contribution in [0.4, 0.5) is 0 Å². The molecule has 1 N–H and O–H groups in total. The molecule has 100 valence electrons. The number of ether oxygens (including phenoxy) is 1. The van der Waals surface area contributed by atoms with Gasteiger partial charge in [0.05, 0.1) is 11.9 Å². The molecule has 1 fully saturated rings. The van der Waals surface area contributed by atoms with E-state index in [0.717, 1.165) is 30.4 Å². The second-order valence-corrected chi connectivity index (χ2v) is 5.26. The van der Waals surface area contributed by atoms with Crippen LogP contribution in [0.2, 0.25) is 0 Å². The molecule has 0 radical (unpaired) electrons. The van der Waals surface area contributed by atoms with Crippen LogP contribution in [0.3, 0.4) is 0 Å². The first-order valence-corrected chi connectivity index (χ1v) is 7.02. The van der Waals surface area contributed by atoms with Crippen LogP contribution in [0.15, 0.2) is 5.16 Å². The van der Waals surface area contributed by atoms with Gasteiger partial charge in [-0.25, -0.2) is 0 Å². The molecule has 0 spiro atoms. The van der Waals surface area contributed by atoms with E-state index in [0.29, 0.717) is 12.3 Å². The zero-order valence-electron chi connectivity index (χ0n) is 10.7. The Morgan fingerprint density at radius 2 is 2.44 bits per heavy atom. The summed E-state index contributed by atoms with van der Waals surface area (Å²) in [6, 6.07) is 0. The Balaban J connectivity index is 1.69. The molecule has 2 heterocycles. The number of thioether (sulfide) groups is 1. The first-order chi connectivity index (χ1) is 8.66. The molecule has 1 atom stereocenters. The largest absolute Gasteiger partial charge is 0.376 e. The van der Waals surface area contributed by atoms with Gasteiger partial charge in [-0.15, -0.1) is 10.2 Å². The molecule has 1 saturated heterocycles. The van der Waals surface area contributed by atoms with Gasteiger partial charge in [-0.05, 0) is 19.8 Å². The Labute approximate surface area is 110 Å². The summed E-state index contributed by atoms with van der Waals surface area (Å²) in [5.74, 6) is 1.21. The molecule has 1 aliphatic rings. The quantitative estimate of drug-likeness (QED) is 0.790. The molecule has 0 aromatic carbocycles. The first kappa shape index (κ1) is 13.4. The van der Waals surface area contributed by atoms with E-state index in [2.05, 4.69) is 15.5 Å². The highest BCUT2D eigenvalue weighted by molar-refractivity contribution is 7.99. The Morgan fingerprint density at radius 3 is 3.06 bits per heavy atom. The van der Waals surface area contributed by atoms with E-state index in [1.54, 1.807) is 0 Å². The number of carbonyl (C=O) groups excluding carboxylic acids is 1. The van der Waals surface area contributed by atoms with Gasteiger partial charge in [0.25, 0.3) is 0 Å². The molecule has 0 unspecified atom stereocenters. The molecule has 1 amide bonds. The summed E-state index contributed by atoms with van der Waals surface area (Å²) in [6.07, 6.45) is 2.32. The standard InChI is InChI=1S/C11H18N4O2S/c1-8-13-14-11(15(8)2)18-7-10(16)12-6-9-4-3-5-17-9/h9H,3-7H2,1-2H3,(H,12,16)/t9-/m0/s1. The smallest absolute Gasteiger partial charge is 0.230 e. The maximum atomic E-state index is 11.6. The number of hydrogen-bond acceptors (Lipinski definition) is 5. The van der Waals surface area contributed by atoms with Gasteiger partial charge in [-0.2, -0.15) is 0 Å². The zero-order chi connectivity index (χ0) is 13.0. The Kier molecular flexibility index (Phi) is 4.60. The van der Waals surface area contributed by atoms with Crippen molar-refractivity contribution in [1.29, 1.82) is 0 Å². The third kappa shape index (κ3) is 3.46. The Bertz CT molecular complexity index is 415. The van der Waals surface area contributed by atoms with Crippen LogP contribution in [0, 0.1) is 6.92 Å². The molecule has 1 aromatic heterocycles. The van der Waals surface area contributed by atoms with Crippen LogP contribution in [0.5, 0.6) is 0 Å². The lowest BCUT2D eigenvalue weighted by Gasteiger charge is -2.10. The summed E-state index contributed by atoms with van der Waals surface area (Å²) in [5.41, 5.74) is 0. The third-order valence-electron chi connectivity index (χ3n) is 2.94. The molecule has 0 bridgehead atoms. The highest BCUT2D eigenvalue weighted by atomic mass is 32.2. The van der Waals surface area contributed by atoms with Crippen molar-refractivity contribution < 1.29 is 9.53 Å². The van der Waals surface area contributed by atoms with Gasteiger partial charge in [0.2, 0.25) is 5.91 Å². The molecule has 2 rings (SSSR count). The minimum Gasteiger partial charge on any atom is -0.376 e. The highest BCUT2D eigenvalue weighted by Gasteiger charge is 2.16. The summed E-state index contributed by atoms with van der Waals surface area (Å²) in [5, 5.41) is 11.6. The van der Waals surface area contributed by atoms with Crippen molar-refractivity contribution in [1.82, 2.24) is 20.1 Å². The van der Waals surface area contributed by atoms with Crippen LogP contribution < -0.4 is 5.32 Å². The van der Waals surface area contributed by atoms with Crippen molar-refractivity contribution in [3.8, 4) is 0 Å². The fraction of sp³-hybridized carbons (Fsp3) is 0.727. The minimum atomic E-state index is 0.0103. The van der Waals surface area contributed by atoms with E-state index in [4.69, 9.17) is 4.74 Å². The fourth-order valence-electron chi connectivity index (χ4n) is 1.73. The van der Waals surface area contributed by atoms with Crippen molar-refractivity contribution in [2.75, 3.05) is 18.9 Å². The van der Waals surface area contributed by atoms with Crippen LogP contribution in [-0.2, 0) is 16.6 Å². The zero-order valence-corrected chi connectivity index (χ0v) is 11.5. The van der Waals surface area contributed by atoms with Crippen molar-refractivity contribution in [2.45, 2.75) is 31.0 Å². The second-order valence-electron chi connectivity index (χ2n) is 4.32. The number of rotatable bonds is 5. The molecule has 0 aliphatic carbocycles. The number of amides is 1. The van der Waals surface area contributed by atoms with E-state index in [9.17, 15) is 4.79 Å². The van der Waals surface area contributed by atoms with Gasteiger partial charge in [0.15, 0.2) is 5.16 Å². The SMILES string of the molecule is Cc1nnc(SCC(=O)NC[C@@H]2CCCO2)n1C. The van der Waals surface area contributed by atoms with E-state index < -0.39 is 0 Å². The molecule has 1 aliphatic heterocycles. The fourth-order valence-corrected chi connectivity index (χ4v) is 2.51. The van der Waals surface area contributed by atoms with Gasteiger partial charge in [-0.1, -0.05) is 11.8 Å². The predicted octanol–water partition coefficient (Wildman–Crippen LogP) is 0.511. The van der Waals surface area contributed by atoms with E-state index >= 15 is 0 Å². The second kappa shape index (κ2) is 6.19. The molecule has 18 heavy (non-hydrogen) atoms. The number of aryl methyl sites for hydroxylation is 1. The van der Waals surface area contributed by atoms with Crippen LogP contribution in [-0.4, -0.2) is 45.7 Å². The third-order valence-corrected chi connectivity index (χ3v) is 3.96. The Morgan fingerprint density at radius 1 is 1.61 bits per heavy atom. The maximum Gasteiger partial charge on any atom is 0.230 e. The molecule has 0 saturated carbocycles. The van der Waals surface area contributed by atoms with Gasteiger partial charge >= 0.3 is 0 Å². The van der Waals surface area contributed by atoms with Gasteiger partial charge in [0, 0.05) is 20.2 Å². The monoisotopic (exact) mass is 270 g/mol. The molecule has 7 heteroatoms. The van der Waals surface area contributed by atoms with E-state index in [-0.39, 0.29) is 12.0 Å². The average molecular weight is 270 g/mol. The minimum absolute atomic E-state index is 0.0103. The molecule has 1 aromatic rings. The topological polar surface area (TPSA) is 69.0 Å². The summed E-state index contributed by atoms with van der Waals surface area (Å²) < 4.78 is 7.31. The van der Waals surface area contributed by atoms with Crippen LogP contribution in [0.1, 0.15) is 18.7 Å². The van der Waals surface area contributed by atoms with Gasteiger partial charge < -0.3 is 14.6 Å². The first-order valence-electron chi connectivity index (χ1n) is 6.04. The summed E-state index contributed by atoms with van der Waals surface area (Å²) in [4.78, 5) is 11.6. The summed E-state index contributed by atoms with van der Waals surface area (Å²) >= 11 is 1.39. The van der Waals surface area contributed by atoms with Gasteiger partial charge in [-0.3, -0.25) is 4.79 Å². The average Bonchev–Trinajstić information content (AvgIpc) is 2.97. The molecule has 6 nitrogen and oxygen atoms in total. The van der Waals surface area contributed by atoms with Crippen molar-refractivity contribution in [2.24, 2.45) is 7.05 Å². The van der Waals surface area contributed by atoms with Crippen molar-refractivity contribution in [3.05, 3.63) is 5.82 Å². The van der Waals surface area contributed by atoms with E-state index in [1.165, 1.54) is 11.8 Å². The lowest BCUT2D eigenvalue weighted by atomic mass is 10.2. The molecular formula is C11H18N4O2S. The number of aromatic nitrogens is 3. The molecular weight excluding hydrogens is 252 g/mol. The number of hydrogen-bond donors (Lipinski definition) is 1. The number of nitrogens with zero attached hydrogens (tertiary/aromatic N) is 3. The lowest BCUT2D eigenvalue weighted by molar-refractivity contribution is -0.119. The van der Waals surface area contributed by atoms with Crippen molar-refractivity contribution in [3.63, 3.8) is 0 Å². The van der Waals surface area contributed by atoms with Gasteiger partial charge in [0.1, 0.15) is 5.82 Å². The number of carbonyl (C=O) groups is 1. The maximum absolute atomic E-state index is 11.6. The summed E-state index contributed by atoms with van der Waals surface area (Å²) in [6.45, 7) is 3.30. The van der Waals surface area contributed by atoms with E-state index in [1.807, 2.05) is 18.5 Å². The highest BCUT2D eigenvalue weighted by Crippen LogP contribution is 2.15. The van der Waals surface area contributed by atoms with Crippen LogP contribution >= 0.6 is 11.8 Å².